The smallest absolute Gasteiger partial charge is 0.335 e. The normalized spacial score (nSPS) is 10.9. The molecule has 100 valence electrons. The molecule has 1 aromatic heterocycles. The highest BCUT2D eigenvalue weighted by Crippen LogP contribution is 2.25. The van der Waals surface area contributed by atoms with Gasteiger partial charge in [-0.05, 0) is 42.5 Å². The molecule has 3 nitrogen and oxygen atoms in total. The number of nitrogens with zero attached hydrogens (tertiary/aromatic N) is 1. The zero-order valence-electron chi connectivity index (χ0n) is 10.2. The Hall–Kier alpha value is -2.69. The van der Waals surface area contributed by atoms with Crippen molar-refractivity contribution in [3.63, 3.8) is 0 Å². The van der Waals surface area contributed by atoms with Gasteiger partial charge < -0.3 is 9.67 Å². The molecule has 0 fully saturated rings. The summed E-state index contributed by atoms with van der Waals surface area (Å²) in [5, 5.41) is 9.32. The lowest BCUT2D eigenvalue weighted by Gasteiger charge is -2.05. The maximum Gasteiger partial charge on any atom is 0.335 e. The summed E-state index contributed by atoms with van der Waals surface area (Å²) in [6.07, 6.45) is 1.25. The van der Waals surface area contributed by atoms with E-state index in [1.807, 2.05) is 0 Å². The molecule has 5 heteroatoms. The molecule has 0 radical (unpaired) electrons. The molecule has 0 bridgehead atoms. The Bertz CT molecular complexity index is 807. The fraction of sp³-hybridized carbons (Fsp3) is 0. The van der Waals surface area contributed by atoms with Gasteiger partial charge in [-0.15, -0.1) is 0 Å². The highest BCUT2D eigenvalue weighted by atomic mass is 19.1. The van der Waals surface area contributed by atoms with Crippen molar-refractivity contribution >= 4 is 16.9 Å². The summed E-state index contributed by atoms with van der Waals surface area (Å²) in [6.45, 7) is 0. The van der Waals surface area contributed by atoms with Crippen molar-refractivity contribution in [3.05, 3.63) is 65.9 Å². The van der Waals surface area contributed by atoms with Gasteiger partial charge in [0, 0.05) is 17.3 Å². The first-order valence-corrected chi connectivity index (χ1v) is 5.86. The molecule has 0 saturated heterocycles. The predicted molar refractivity (Wildman–Crippen MR) is 70.2 cm³/mol. The Labute approximate surface area is 112 Å². The average molecular weight is 273 g/mol. The van der Waals surface area contributed by atoms with Gasteiger partial charge in [0.15, 0.2) is 0 Å². The van der Waals surface area contributed by atoms with Crippen LogP contribution in [0.1, 0.15) is 10.4 Å². The summed E-state index contributed by atoms with van der Waals surface area (Å²) in [5.74, 6) is -1.93. The third-order valence-corrected chi connectivity index (χ3v) is 3.11. The molecule has 0 aliphatic rings. The minimum atomic E-state index is -1.08. The van der Waals surface area contributed by atoms with E-state index in [0.29, 0.717) is 16.6 Å². The average Bonchev–Trinajstić information content (AvgIpc) is 2.76. The van der Waals surface area contributed by atoms with Gasteiger partial charge in [-0.25, -0.2) is 13.6 Å². The van der Waals surface area contributed by atoms with Crippen LogP contribution in [-0.4, -0.2) is 15.6 Å². The lowest BCUT2D eigenvalue weighted by molar-refractivity contribution is 0.0697. The van der Waals surface area contributed by atoms with Gasteiger partial charge in [-0.2, -0.15) is 0 Å². The minimum Gasteiger partial charge on any atom is -0.478 e. The zero-order valence-corrected chi connectivity index (χ0v) is 10.2. The van der Waals surface area contributed by atoms with E-state index in [1.54, 1.807) is 0 Å². The number of hydrogen-bond acceptors (Lipinski definition) is 1. The van der Waals surface area contributed by atoms with Gasteiger partial charge in [0.1, 0.15) is 11.6 Å². The number of carboxylic acids is 1. The van der Waals surface area contributed by atoms with Crippen LogP contribution in [0.3, 0.4) is 0 Å². The van der Waals surface area contributed by atoms with Gasteiger partial charge in [0.05, 0.1) is 11.1 Å². The fourth-order valence-electron chi connectivity index (χ4n) is 2.13. The molecule has 3 aromatic rings. The molecule has 0 aliphatic heterocycles. The van der Waals surface area contributed by atoms with Crippen molar-refractivity contribution in [2.45, 2.75) is 0 Å². The number of fused-ring (bicyclic) bond motifs is 1. The predicted octanol–water partition coefficient (Wildman–Crippen LogP) is 3.61. The van der Waals surface area contributed by atoms with Crippen molar-refractivity contribution in [2.75, 3.05) is 0 Å². The Morgan fingerprint density at radius 2 is 1.75 bits per heavy atom. The fourth-order valence-corrected chi connectivity index (χ4v) is 2.13. The second-order valence-electron chi connectivity index (χ2n) is 4.36. The number of aromatic carboxylic acids is 1. The molecule has 1 N–H and O–H groups in total. The van der Waals surface area contributed by atoms with Gasteiger partial charge in [-0.1, -0.05) is 0 Å². The van der Waals surface area contributed by atoms with Crippen molar-refractivity contribution in [3.8, 4) is 5.69 Å². The SMILES string of the molecule is O=C(O)c1ccc2c(F)cn(-c3ccc(F)cc3)c2c1. The third-order valence-electron chi connectivity index (χ3n) is 3.11. The van der Waals surface area contributed by atoms with Crippen LogP contribution < -0.4 is 0 Å². The maximum absolute atomic E-state index is 13.9. The van der Waals surface area contributed by atoms with Crippen LogP contribution in [0.15, 0.2) is 48.7 Å². The van der Waals surface area contributed by atoms with E-state index in [0.717, 1.165) is 0 Å². The Morgan fingerprint density at radius 1 is 1.05 bits per heavy atom. The Morgan fingerprint density at radius 3 is 2.40 bits per heavy atom. The molecule has 0 atom stereocenters. The van der Waals surface area contributed by atoms with E-state index >= 15 is 0 Å². The molecule has 0 unspecified atom stereocenters. The number of benzene rings is 2. The lowest BCUT2D eigenvalue weighted by atomic mass is 10.1. The second-order valence-corrected chi connectivity index (χ2v) is 4.36. The van der Waals surface area contributed by atoms with E-state index in [1.165, 1.54) is 53.2 Å². The van der Waals surface area contributed by atoms with Crippen molar-refractivity contribution in [1.82, 2.24) is 4.57 Å². The van der Waals surface area contributed by atoms with Crippen LogP contribution in [-0.2, 0) is 0 Å². The third kappa shape index (κ3) is 1.93. The monoisotopic (exact) mass is 273 g/mol. The lowest BCUT2D eigenvalue weighted by Crippen LogP contribution is -1.97. The van der Waals surface area contributed by atoms with Crippen LogP contribution in [0.4, 0.5) is 8.78 Å². The molecule has 3 rings (SSSR count). The molecule has 1 heterocycles. The molecule has 0 aliphatic carbocycles. The van der Waals surface area contributed by atoms with Crippen molar-refractivity contribution < 1.29 is 18.7 Å². The number of halogens is 2. The summed E-state index contributed by atoms with van der Waals surface area (Å²) < 4.78 is 28.3. The van der Waals surface area contributed by atoms with Gasteiger partial charge in [-0.3, -0.25) is 0 Å². The van der Waals surface area contributed by atoms with E-state index < -0.39 is 17.6 Å². The highest BCUT2D eigenvalue weighted by molar-refractivity contribution is 5.94. The number of carboxylic acid groups (broad SMARTS) is 1. The van der Waals surface area contributed by atoms with Gasteiger partial charge >= 0.3 is 5.97 Å². The van der Waals surface area contributed by atoms with Gasteiger partial charge in [0.25, 0.3) is 0 Å². The van der Waals surface area contributed by atoms with Crippen LogP contribution in [0, 0.1) is 11.6 Å². The first-order chi connectivity index (χ1) is 9.56. The van der Waals surface area contributed by atoms with Gasteiger partial charge in [0.2, 0.25) is 0 Å². The molecule has 0 saturated carbocycles. The summed E-state index contributed by atoms with van der Waals surface area (Å²) >= 11 is 0. The molecule has 0 amide bonds. The largest absolute Gasteiger partial charge is 0.478 e. The van der Waals surface area contributed by atoms with Crippen LogP contribution in [0.2, 0.25) is 0 Å². The van der Waals surface area contributed by atoms with E-state index in [2.05, 4.69) is 0 Å². The summed E-state index contributed by atoms with van der Waals surface area (Å²) in [7, 11) is 0. The Balaban J connectivity index is 2.27. The van der Waals surface area contributed by atoms with Crippen LogP contribution >= 0.6 is 0 Å². The van der Waals surface area contributed by atoms with Crippen LogP contribution in [0.25, 0.3) is 16.6 Å². The first kappa shape index (κ1) is 12.3. The second kappa shape index (κ2) is 4.45. The summed E-state index contributed by atoms with van der Waals surface area (Å²) in [5.41, 5.74) is 1.05. The summed E-state index contributed by atoms with van der Waals surface area (Å²) in [6, 6.07) is 9.70. The first-order valence-electron chi connectivity index (χ1n) is 5.86. The van der Waals surface area contributed by atoms with Crippen LogP contribution in [0.5, 0.6) is 0 Å². The topological polar surface area (TPSA) is 42.2 Å². The highest BCUT2D eigenvalue weighted by Gasteiger charge is 2.12. The van der Waals surface area contributed by atoms with E-state index in [-0.39, 0.29) is 5.56 Å². The molecule has 20 heavy (non-hydrogen) atoms. The number of rotatable bonds is 2. The zero-order chi connectivity index (χ0) is 14.3. The minimum absolute atomic E-state index is 0.0685. The molecular formula is C15H9F2NO2. The molecule has 2 aromatic carbocycles. The molecule has 0 spiro atoms. The molecular weight excluding hydrogens is 264 g/mol. The number of hydrogen-bond donors (Lipinski definition) is 1. The van der Waals surface area contributed by atoms with E-state index in [4.69, 9.17) is 5.11 Å². The standard InChI is InChI=1S/C15H9F2NO2/c16-10-2-4-11(5-3-10)18-8-13(17)12-6-1-9(15(19)20)7-14(12)18/h1-8H,(H,19,20). The van der Waals surface area contributed by atoms with Crippen molar-refractivity contribution in [2.24, 2.45) is 0 Å². The number of carbonyl (C=O) groups is 1. The quantitative estimate of drug-likeness (QED) is 0.775. The Kier molecular flexibility index (Phi) is 2.75. The van der Waals surface area contributed by atoms with Crippen molar-refractivity contribution in [1.29, 1.82) is 0 Å². The van der Waals surface area contributed by atoms with E-state index in [9.17, 15) is 13.6 Å². The summed E-state index contributed by atoms with van der Waals surface area (Å²) in [4.78, 5) is 11.0. The maximum atomic E-state index is 13.9. The number of aromatic nitrogens is 1.